The second-order valence-electron chi connectivity index (χ2n) is 8.65. The SMILES string of the molecule is COc1ccc(-c2cc(=O)c3c(O)cc4c(c3o2)[C@@H](C2=Cc3ccccc3OC2)CC(=O)O4)cc1O. The van der Waals surface area contributed by atoms with Crippen LogP contribution in [0.4, 0.5) is 0 Å². The summed E-state index contributed by atoms with van der Waals surface area (Å²) in [6, 6.07) is 14.7. The molecule has 0 aliphatic carbocycles. The summed E-state index contributed by atoms with van der Waals surface area (Å²) < 4.78 is 22.7. The summed E-state index contributed by atoms with van der Waals surface area (Å²) in [7, 11) is 1.43. The van der Waals surface area contributed by atoms with Crippen molar-refractivity contribution in [3.05, 3.63) is 81.5 Å². The number of ether oxygens (including phenoxy) is 3. The monoisotopic (exact) mass is 484 g/mol. The Morgan fingerprint density at radius 3 is 2.61 bits per heavy atom. The van der Waals surface area contributed by atoms with E-state index in [1.807, 2.05) is 30.3 Å². The Hall–Kier alpha value is -4.72. The Morgan fingerprint density at radius 1 is 0.972 bits per heavy atom. The number of rotatable bonds is 3. The lowest BCUT2D eigenvalue weighted by Gasteiger charge is -2.29. The molecule has 3 aromatic carbocycles. The molecule has 0 spiro atoms. The molecule has 36 heavy (non-hydrogen) atoms. The van der Waals surface area contributed by atoms with Crippen molar-refractivity contribution in [1.82, 2.24) is 0 Å². The van der Waals surface area contributed by atoms with Gasteiger partial charge in [-0.15, -0.1) is 0 Å². The van der Waals surface area contributed by atoms with Gasteiger partial charge in [0.15, 0.2) is 16.9 Å². The molecule has 0 amide bonds. The summed E-state index contributed by atoms with van der Waals surface area (Å²) in [5, 5.41) is 20.9. The highest BCUT2D eigenvalue weighted by Gasteiger charge is 2.35. The van der Waals surface area contributed by atoms with Crippen LogP contribution >= 0.6 is 0 Å². The number of phenolic OH excluding ortho intramolecular Hbond substituents is 2. The predicted octanol–water partition coefficient (Wildman–Crippen LogP) is 4.75. The van der Waals surface area contributed by atoms with Crippen LogP contribution < -0.4 is 19.6 Å². The van der Waals surface area contributed by atoms with E-state index in [1.54, 1.807) is 12.1 Å². The van der Waals surface area contributed by atoms with Gasteiger partial charge in [-0.3, -0.25) is 9.59 Å². The van der Waals surface area contributed by atoms with Crippen molar-refractivity contribution in [1.29, 1.82) is 0 Å². The van der Waals surface area contributed by atoms with Crippen molar-refractivity contribution in [2.75, 3.05) is 13.7 Å². The minimum atomic E-state index is -0.500. The molecule has 2 aliphatic heterocycles. The summed E-state index contributed by atoms with van der Waals surface area (Å²) in [5.74, 6) is -0.131. The van der Waals surface area contributed by atoms with Crippen molar-refractivity contribution in [2.24, 2.45) is 0 Å². The Bertz CT molecular complexity index is 1650. The molecule has 0 unspecified atom stereocenters. The van der Waals surface area contributed by atoms with Gasteiger partial charge in [0, 0.05) is 34.7 Å². The fourth-order valence-corrected chi connectivity index (χ4v) is 4.80. The van der Waals surface area contributed by atoms with Crippen LogP contribution in [0.3, 0.4) is 0 Å². The van der Waals surface area contributed by atoms with E-state index in [4.69, 9.17) is 18.6 Å². The Labute approximate surface area is 204 Å². The van der Waals surface area contributed by atoms with Crippen LogP contribution in [0, 0.1) is 0 Å². The van der Waals surface area contributed by atoms with E-state index < -0.39 is 17.3 Å². The van der Waals surface area contributed by atoms with E-state index in [9.17, 15) is 19.8 Å². The zero-order valence-corrected chi connectivity index (χ0v) is 19.1. The molecule has 1 aromatic heterocycles. The van der Waals surface area contributed by atoms with Crippen molar-refractivity contribution >= 4 is 23.0 Å². The van der Waals surface area contributed by atoms with Crippen LogP contribution in [-0.4, -0.2) is 29.9 Å². The van der Waals surface area contributed by atoms with Crippen molar-refractivity contribution < 1.29 is 33.6 Å². The van der Waals surface area contributed by atoms with Crippen LogP contribution in [0.15, 0.2) is 69.4 Å². The van der Waals surface area contributed by atoms with E-state index in [1.165, 1.54) is 25.3 Å². The first-order valence-electron chi connectivity index (χ1n) is 11.3. The van der Waals surface area contributed by atoms with Gasteiger partial charge in [0.05, 0.1) is 13.5 Å². The lowest BCUT2D eigenvalue weighted by atomic mass is 9.83. The normalized spacial score (nSPS) is 16.4. The summed E-state index contributed by atoms with van der Waals surface area (Å²) >= 11 is 0. The zero-order chi connectivity index (χ0) is 25.0. The molecular formula is C28H20O8. The highest BCUT2D eigenvalue weighted by atomic mass is 16.5. The second kappa shape index (κ2) is 8.20. The molecule has 0 saturated carbocycles. The van der Waals surface area contributed by atoms with Crippen LogP contribution in [0.2, 0.25) is 0 Å². The summed E-state index contributed by atoms with van der Waals surface area (Å²) in [6.07, 6.45) is 1.98. The fraction of sp³-hybridized carbons (Fsp3) is 0.143. The first-order chi connectivity index (χ1) is 17.4. The molecule has 4 aromatic rings. The molecule has 0 radical (unpaired) electrons. The molecule has 8 nitrogen and oxygen atoms in total. The van der Waals surface area contributed by atoms with Gasteiger partial charge in [0.2, 0.25) is 0 Å². The summed E-state index contributed by atoms with van der Waals surface area (Å²) in [6.45, 7) is 0.243. The van der Waals surface area contributed by atoms with Gasteiger partial charge in [-0.05, 0) is 35.9 Å². The largest absolute Gasteiger partial charge is 0.507 e. The number of hydrogen-bond donors (Lipinski definition) is 2. The van der Waals surface area contributed by atoms with E-state index in [0.29, 0.717) is 11.1 Å². The predicted molar refractivity (Wildman–Crippen MR) is 131 cm³/mol. The summed E-state index contributed by atoms with van der Waals surface area (Å²) in [5.41, 5.74) is 2.24. The van der Waals surface area contributed by atoms with E-state index >= 15 is 0 Å². The standard InChI is InChI=1S/C28H20O8/c1-33-22-7-6-15(9-18(22)29)23-11-19(30)27-20(31)12-24-26(28(27)36-23)17(10-25(32)35-24)16-8-14-4-2-3-5-21(14)34-13-16/h2-9,11-12,17,29,31H,10,13H2,1H3/t17-/m1/s1. The van der Waals surface area contributed by atoms with Crippen LogP contribution in [-0.2, 0) is 4.79 Å². The van der Waals surface area contributed by atoms with Crippen LogP contribution in [0.5, 0.6) is 28.7 Å². The van der Waals surface area contributed by atoms with E-state index in [2.05, 4.69) is 0 Å². The van der Waals surface area contributed by atoms with Gasteiger partial charge >= 0.3 is 5.97 Å². The van der Waals surface area contributed by atoms with E-state index in [0.717, 1.165) is 16.9 Å². The Balaban J connectivity index is 1.58. The second-order valence-corrected chi connectivity index (χ2v) is 8.65. The third-order valence-corrected chi connectivity index (χ3v) is 6.49. The third kappa shape index (κ3) is 3.46. The number of benzene rings is 3. The molecule has 6 rings (SSSR count). The molecule has 0 fully saturated rings. The minimum absolute atomic E-state index is 0.0154. The van der Waals surface area contributed by atoms with Crippen LogP contribution in [0.1, 0.15) is 23.5 Å². The maximum Gasteiger partial charge on any atom is 0.312 e. The molecule has 2 N–H and O–H groups in total. The first-order valence-corrected chi connectivity index (χ1v) is 11.3. The minimum Gasteiger partial charge on any atom is -0.507 e. The topological polar surface area (TPSA) is 115 Å². The number of methoxy groups -OCH3 is 1. The maximum atomic E-state index is 13.1. The number of aromatic hydroxyl groups is 2. The smallest absolute Gasteiger partial charge is 0.312 e. The number of para-hydroxylation sites is 1. The average Bonchev–Trinajstić information content (AvgIpc) is 2.87. The third-order valence-electron chi connectivity index (χ3n) is 6.49. The number of fused-ring (bicyclic) bond motifs is 4. The Kier molecular flexibility index (Phi) is 4.96. The van der Waals surface area contributed by atoms with Crippen molar-refractivity contribution in [3.8, 4) is 40.1 Å². The zero-order valence-electron chi connectivity index (χ0n) is 19.1. The van der Waals surface area contributed by atoms with Gasteiger partial charge < -0.3 is 28.8 Å². The molecule has 180 valence electrons. The number of esters is 1. The van der Waals surface area contributed by atoms with Crippen molar-refractivity contribution in [2.45, 2.75) is 12.3 Å². The molecule has 8 heteroatoms. The molecule has 0 bridgehead atoms. The quantitative estimate of drug-likeness (QED) is 0.316. The molecule has 1 atom stereocenters. The lowest BCUT2D eigenvalue weighted by molar-refractivity contribution is -0.135. The van der Waals surface area contributed by atoms with Gasteiger partial charge in [0.1, 0.15) is 40.6 Å². The number of carbonyl (C=O) groups excluding carboxylic acids is 1. The van der Waals surface area contributed by atoms with Gasteiger partial charge in [0.25, 0.3) is 0 Å². The molecule has 3 heterocycles. The van der Waals surface area contributed by atoms with Crippen LogP contribution in [0.25, 0.3) is 28.4 Å². The van der Waals surface area contributed by atoms with Gasteiger partial charge in [-0.25, -0.2) is 0 Å². The van der Waals surface area contributed by atoms with Gasteiger partial charge in [-0.2, -0.15) is 0 Å². The lowest BCUT2D eigenvalue weighted by Crippen LogP contribution is -2.25. The number of hydrogen-bond acceptors (Lipinski definition) is 8. The number of carbonyl (C=O) groups is 1. The molecule has 0 saturated heterocycles. The van der Waals surface area contributed by atoms with Gasteiger partial charge in [-0.1, -0.05) is 18.2 Å². The molecular weight excluding hydrogens is 464 g/mol. The van der Waals surface area contributed by atoms with Crippen molar-refractivity contribution in [3.63, 3.8) is 0 Å². The first kappa shape index (κ1) is 21.8. The van der Waals surface area contributed by atoms with E-state index in [-0.39, 0.29) is 52.8 Å². The maximum absolute atomic E-state index is 13.1. The highest BCUT2D eigenvalue weighted by molar-refractivity contribution is 5.93. The average molecular weight is 484 g/mol. The number of phenols is 2. The summed E-state index contributed by atoms with van der Waals surface area (Å²) in [4.78, 5) is 25.7. The highest BCUT2D eigenvalue weighted by Crippen LogP contribution is 2.47. The Morgan fingerprint density at radius 2 is 1.81 bits per heavy atom. The fourth-order valence-electron chi connectivity index (χ4n) is 4.80. The molecule has 2 aliphatic rings.